The van der Waals surface area contributed by atoms with Crippen molar-refractivity contribution in [3.8, 4) is 0 Å². The zero-order valence-electron chi connectivity index (χ0n) is 13.0. The Labute approximate surface area is 132 Å². The molecule has 2 unspecified atom stereocenters. The van der Waals surface area contributed by atoms with Gasteiger partial charge in [-0.3, -0.25) is 4.90 Å². The smallest absolute Gasteiger partial charge is 0.0314 e. The van der Waals surface area contributed by atoms with E-state index in [1.165, 1.54) is 43.5 Å². The Kier molecular flexibility index (Phi) is 3.42. The van der Waals surface area contributed by atoms with Crippen molar-refractivity contribution < 1.29 is 0 Å². The van der Waals surface area contributed by atoms with Gasteiger partial charge in [0.25, 0.3) is 0 Å². The molecule has 1 heterocycles. The number of benzene rings is 2. The highest BCUT2D eigenvalue weighted by molar-refractivity contribution is 5.43. The van der Waals surface area contributed by atoms with E-state index in [9.17, 15) is 0 Å². The zero-order chi connectivity index (χ0) is 15.0. The van der Waals surface area contributed by atoms with Gasteiger partial charge in [-0.25, -0.2) is 0 Å². The summed E-state index contributed by atoms with van der Waals surface area (Å²) in [6, 6.07) is 19.5. The molecule has 1 aliphatic carbocycles. The van der Waals surface area contributed by atoms with Crippen LogP contribution in [0.3, 0.4) is 0 Å². The average Bonchev–Trinajstić information content (AvgIpc) is 3.06. The van der Waals surface area contributed by atoms with Gasteiger partial charge >= 0.3 is 0 Å². The van der Waals surface area contributed by atoms with Crippen molar-refractivity contribution in [2.45, 2.75) is 31.2 Å². The molecule has 1 aliphatic heterocycles. The van der Waals surface area contributed by atoms with E-state index in [0.717, 1.165) is 18.2 Å². The van der Waals surface area contributed by atoms with Crippen LogP contribution in [0.2, 0.25) is 0 Å². The highest BCUT2D eigenvalue weighted by atomic mass is 15.2. The Morgan fingerprint density at radius 1 is 1.05 bits per heavy atom. The molecule has 2 aliphatic rings. The molecule has 2 nitrogen and oxygen atoms in total. The van der Waals surface area contributed by atoms with Gasteiger partial charge in [0.15, 0.2) is 0 Å². The molecule has 1 saturated carbocycles. The molecular formula is C20H24N2. The lowest BCUT2D eigenvalue weighted by atomic mass is 9.74. The summed E-state index contributed by atoms with van der Waals surface area (Å²) >= 11 is 0. The van der Waals surface area contributed by atoms with Crippen LogP contribution in [0.25, 0.3) is 0 Å². The molecule has 2 N–H and O–H groups in total. The Hall–Kier alpha value is -1.80. The molecule has 0 aromatic heterocycles. The second-order valence-electron chi connectivity index (χ2n) is 7.02. The van der Waals surface area contributed by atoms with E-state index in [1.807, 2.05) is 0 Å². The van der Waals surface area contributed by atoms with E-state index >= 15 is 0 Å². The quantitative estimate of drug-likeness (QED) is 0.871. The predicted octanol–water partition coefficient (Wildman–Crippen LogP) is 3.82. The largest absolute Gasteiger partial charge is 0.399 e. The second kappa shape index (κ2) is 5.44. The number of hydrogen-bond donors (Lipinski definition) is 1. The summed E-state index contributed by atoms with van der Waals surface area (Å²) in [5.74, 6) is 0.805. The Bertz CT molecular complexity index is 635. The lowest BCUT2D eigenvalue weighted by Gasteiger charge is -2.30. The van der Waals surface area contributed by atoms with Crippen LogP contribution >= 0.6 is 0 Å². The molecular weight excluding hydrogens is 268 g/mol. The molecule has 2 heteroatoms. The summed E-state index contributed by atoms with van der Waals surface area (Å²) < 4.78 is 0. The first-order chi connectivity index (χ1) is 10.8. The summed E-state index contributed by atoms with van der Waals surface area (Å²) in [4.78, 5) is 2.65. The third kappa shape index (κ3) is 2.32. The first-order valence-corrected chi connectivity index (χ1v) is 8.39. The van der Waals surface area contributed by atoms with Crippen LogP contribution in [-0.4, -0.2) is 18.0 Å². The number of anilines is 1. The summed E-state index contributed by atoms with van der Waals surface area (Å²) in [6.45, 7) is 3.50. The first kappa shape index (κ1) is 13.8. The van der Waals surface area contributed by atoms with Gasteiger partial charge in [0, 0.05) is 30.7 Å². The number of fused-ring (bicyclic) bond motifs is 1. The lowest BCUT2D eigenvalue weighted by Crippen LogP contribution is -2.31. The fraction of sp³-hybridized carbons (Fsp3) is 0.400. The standard InChI is InChI=1S/C20H24N2/c21-19-10-8-17(9-11-19)20-12-4-7-18(20)14-22(15-20)13-16-5-2-1-3-6-16/h1-3,5-6,8-11,18H,4,7,12-15,21H2. The Morgan fingerprint density at radius 3 is 2.59 bits per heavy atom. The van der Waals surface area contributed by atoms with E-state index in [-0.39, 0.29) is 0 Å². The molecule has 114 valence electrons. The number of hydrogen-bond acceptors (Lipinski definition) is 2. The summed E-state index contributed by atoms with van der Waals surface area (Å²) in [5.41, 5.74) is 10.0. The molecule has 0 bridgehead atoms. The molecule has 2 aromatic rings. The van der Waals surface area contributed by atoms with Crippen LogP contribution in [0.15, 0.2) is 54.6 Å². The van der Waals surface area contributed by atoms with Crippen LogP contribution in [0.4, 0.5) is 5.69 Å². The van der Waals surface area contributed by atoms with Gasteiger partial charge in [0.1, 0.15) is 0 Å². The molecule has 2 aromatic carbocycles. The van der Waals surface area contributed by atoms with Gasteiger partial charge in [0.05, 0.1) is 0 Å². The molecule has 0 amide bonds. The van der Waals surface area contributed by atoms with Crippen molar-refractivity contribution in [3.63, 3.8) is 0 Å². The van der Waals surface area contributed by atoms with Gasteiger partial charge < -0.3 is 5.73 Å². The summed E-state index contributed by atoms with van der Waals surface area (Å²) in [6.07, 6.45) is 4.07. The molecule has 1 saturated heterocycles. The molecule has 0 radical (unpaired) electrons. The minimum absolute atomic E-state index is 0.364. The van der Waals surface area contributed by atoms with Crippen molar-refractivity contribution in [1.29, 1.82) is 0 Å². The maximum atomic E-state index is 5.88. The molecule has 2 atom stereocenters. The van der Waals surface area contributed by atoms with Crippen LogP contribution in [0, 0.1) is 5.92 Å². The van der Waals surface area contributed by atoms with E-state index < -0.39 is 0 Å². The summed E-state index contributed by atoms with van der Waals surface area (Å²) in [7, 11) is 0. The summed E-state index contributed by atoms with van der Waals surface area (Å²) in [5, 5.41) is 0. The normalized spacial score (nSPS) is 27.9. The molecule has 4 rings (SSSR count). The number of nitrogens with zero attached hydrogens (tertiary/aromatic N) is 1. The van der Waals surface area contributed by atoms with Crippen molar-refractivity contribution in [2.24, 2.45) is 5.92 Å². The predicted molar refractivity (Wildman–Crippen MR) is 91.6 cm³/mol. The fourth-order valence-electron chi connectivity index (χ4n) is 4.64. The van der Waals surface area contributed by atoms with Gasteiger partial charge in [-0.15, -0.1) is 0 Å². The number of nitrogens with two attached hydrogens (primary N) is 1. The SMILES string of the molecule is Nc1ccc(C23CCCC2CN(Cc2ccccc2)C3)cc1. The molecule has 0 spiro atoms. The van der Waals surface area contributed by atoms with E-state index in [2.05, 4.69) is 59.5 Å². The van der Waals surface area contributed by atoms with Crippen molar-refractivity contribution >= 4 is 5.69 Å². The maximum absolute atomic E-state index is 5.88. The highest BCUT2D eigenvalue weighted by Gasteiger charge is 2.50. The Morgan fingerprint density at radius 2 is 1.82 bits per heavy atom. The van der Waals surface area contributed by atoms with Gasteiger partial charge in [-0.2, -0.15) is 0 Å². The third-order valence-electron chi connectivity index (χ3n) is 5.68. The van der Waals surface area contributed by atoms with Crippen LogP contribution < -0.4 is 5.73 Å². The zero-order valence-corrected chi connectivity index (χ0v) is 13.0. The fourth-order valence-corrected chi connectivity index (χ4v) is 4.64. The van der Waals surface area contributed by atoms with Gasteiger partial charge in [0.2, 0.25) is 0 Å². The number of likely N-dealkylation sites (tertiary alicyclic amines) is 1. The lowest BCUT2D eigenvalue weighted by molar-refractivity contribution is 0.295. The highest BCUT2D eigenvalue weighted by Crippen LogP contribution is 2.50. The molecule has 22 heavy (non-hydrogen) atoms. The second-order valence-corrected chi connectivity index (χ2v) is 7.02. The van der Waals surface area contributed by atoms with Crippen LogP contribution in [0.1, 0.15) is 30.4 Å². The minimum atomic E-state index is 0.364. The maximum Gasteiger partial charge on any atom is 0.0314 e. The topological polar surface area (TPSA) is 29.3 Å². The third-order valence-corrected chi connectivity index (χ3v) is 5.68. The van der Waals surface area contributed by atoms with E-state index in [1.54, 1.807) is 0 Å². The average molecular weight is 292 g/mol. The van der Waals surface area contributed by atoms with E-state index in [4.69, 9.17) is 5.73 Å². The minimum Gasteiger partial charge on any atom is -0.399 e. The Balaban J connectivity index is 1.58. The number of rotatable bonds is 3. The molecule has 2 fully saturated rings. The van der Waals surface area contributed by atoms with Crippen molar-refractivity contribution in [1.82, 2.24) is 4.90 Å². The van der Waals surface area contributed by atoms with Crippen LogP contribution in [-0.2, 0) is 12.0 Å². The monoisotopic (exact) mass is 292 g/mol. The van der Waals surface area contributed by atoms with Gasteiger partial charge in [-0.05, 0) is 42.0 Å². The van der Waals surface area contributed by atoms with Crippen LogP contribution in [0.5, 0.6) is 0 Å². The van der Waals surface area contributed by atoms with Gasteiger partial charge in [-0.1, -0.05) is 48.9 Å². The number of nitrogen functional groups attached to an aromatic ring is 1. The van der Waals surface area contributed by atoms with Crippen molar-refractivity contribution in [2.75, 3.05) is 18.8 Å². The van der Waals surface area contributed by atoms with E-state index in [0.29, 0.717) is 5.41 Å². The first-order valence-electron chi connectivity index (χ1n) is 8.39. The van der Waals surface area contributed by atoms with Crippen molar-refractivity contribution in [3.05, 3.63) is 65.7 Å².